The number of fused-ring (bicyclic) bond motifs is 1. The first kappa shape index (κ1) is 13.1. The fraction of sp³-hybridized carbons (Fsp3) is 0.385. The number of methoxy groups -OCH3 is 1. The van der Waals surface area contributed by atoms with Gasteiger partial charge in [-0.1, -0.05) is 24.3 Å². The van der Waals surface area contributed by atoms with Gasteiger partial charge >= 0.3 is 0 Å². The van der Waals surface area contributed by atoms with Crippen molar-refractivity contribution in [2.24, 2.45) is 0 Å². The highest BCUT2D eigenvalue weighted by atomic mass is 35.5. The molecule has 0 N–H and O–H groups in total. The van der Waals surface area contributed by atoms with E-state index in [1.54, 1.807) is 13.3 Å². The molecule has 0 saturated carbocycles. The smallest absolute Gasteiger partial charge is 0.159 e. The fourth-order valence-corrected chi connectivity index (χ4v) is 2.08. The summed E-state index contributed by atoms with van der Waals surface area (Å²) in [7, 11) is 1.69. The van der Waals surface area contributed by atoms with Gasteiger partial charge in [-0.15, -0.1) is 16.7 Å². The van der Waals surface area contributed by atoms with Crippen LogP contribution in [-0.4, -0.2) is 42.9 Å². The van der Waals surface area contributed by atoms with Gasteiger partial charge in [-0.25, -0.2) is 0 Å². The van der Waals surface area contributed by atoms with Crippen molar-refractivity contribution < 1.29 is 4.74 Å². The van der Waals surface area contributed by atoms with Crippen molar-refractivity contribution in [2.45, 2.75) is 0 Å². The van der Waals surface area contributed by atoms with E-state index in [-0.39, 0.29) is 0 Å². The van der Waals surface area contributed by atoms with E-state index in [9.17, 15) is 0 Å². The zero-order valence-electron chi connectivity index (χ0n) is 10.3. The van der Waals surface area contributed by atoms with Crippen LogP contribution in [-0.2, 0) is 4.74 Å². The largest absolute Gasteiger partial charge is 0.383 e. The predicted octanol–water partition coefficient (Wildman–Crippen LogP) is 2.32. The number of hydrogen-bond acceptors (Lipinski definition) is 4. The molecular weight excluding hydrogens is 250 g/mol. The van der Waals surface area contributed by atoms with Crippen molar-refractivity contribution in [1.82, 2.24) is 10.2 Å². The summed E-state index contributed by atoms with van der Waals surface area (Å²) in [5, 5.41) is 10.5. The summed E-state index contributed by atoms with van der Waals surface area (Å²) in [4.78, 5) is 2.10. The second-order valence-electron chi connectivity index (χ2n) is 3.92. The molecule has 0 spiro atoms. The Morgan fingerprint density at radius 2 is 2.11 bits per heavy atom. The lowest BCUT2D eigenvalue weighted by Crippen LogP contribution is -2.30. The molecule has 0 amide bonds. The lowest BCUT2D eigenvalue weighted by atomic mass is 10.2. The zero-order valence-corrected chi connectivity index (χ0v) is 11.1. The predicted molar refractivity (Wildman–Crippen MR) is 74.3 cm³/mol. The van der Waals surface area contributed by atoms with Crippen LogP contribution in [0.25, 0.3) is 10.8 Å². The van der Waals surface area contributed by atoms with Crippen LogP contribution in [0.4, 0.5) is 5.82 Å². The summed E-state index contributed by atoms with van der Waals surface area (Å²) < 4.78 is 5.12. The first-order valence-corrected chi connectivity index (χ1v) is 6.40. The molecule has 0 unspecified atom stereocenters. The highest BCUT2D eigenvalue weighted by Gasteiger charge is 2.11. The molecule has 0 radical (unpaired) electrons. The molecule has 2 aromatic rings. The number of rotatable bonds is 6. The molecule has 0 aliphatic rings. The third-order valence-electron chi connectivity index (χ3n) is 2.77. The Labute approximate surface area is 112 Å². The van der Waals surface area contributed by atoms with Gasteiger partial charge in [0.15, 0.2) is 5.82 Å². The Kier molecular flexibility index (Phi) is 4.73. The van der Waals surface area contributed by atoms with Crippen molar-refractivity contribution in [3.05, 3.63) is 30.5 Å². The van der Waals surface area contributed by atoms with Gasteiger partial charge in [0.1, 0.15) is 0 Å². The molecule has 0 aliphatic carbocycles. The number of alkyl halides is 1. The second kappa shape index (κ2) is 6.52. The highest BCUT2D eigenvalue weighted by Crippen LogP contribution is 2.22. The van der Waals surface area contributed by atoms with Crippen molar-refractivity contribution in [2.75, 3.05) is 37.6 Å². The number of benzene rings is 1. The maximum absolute atomic E-state index is 5.85. The first-order valence-electron chi connectivity index (χ1n) is 5.87. The minimum atomic E-state index is 0.550. The molecule has 1 aromatic carbocycles. The molecule has 0 saturated heterocycles. The molecule has 1 heterocycles. The molecule has 0 atom stereocenters. The summed E-state index contributed by atoms with van der Waals surface area (Å²) in [6.45, 7) is 2.13. The third kappa shape index (κ3) is 2.89. The Hall–Kier alpha value is -1.39. The van der Waals surface area contributed by atoms with Crippen molar-refractivity contribution >= 4 is 28.2 Å². The molecule has 0 aliphatic heterocycles. The molecule has 18 heavy (non-hydrogen) atoms. The number of ether oxygens (including phenoxy) is 1. The third-order valence-corrected chi connectivity index (χ3v) is 2.94. The molecule has 5 heteroatoms. The lowest BCUT2D eigenvalue weighted by molar-refractivity contribution is 0.205. The van der Waals surface area contributed by atoms with E-state index in [0.717, 1.165) is 29.7 Å². The fourth-order valence-electron chi connectivity index (χ4n) is 1.87. The molecule has 4 nitrogen and oxygen atoms in total. The number of aromatic nitrogens is 2. The molecule has 1 aromatic heterocycles. The van der Waals surface area contributed by atoms with E-state index < -0.39 is 0 Å². The Balaban J connectivity index is 2.36. The van der Waals surface area contributed by atoms with Crippen LogP contribution in [0.5, 0.6) is 0 Å². The highest BCUT2D eigenvalue weighted by molar-refractivity contribution is 6.18. The molecule has 0 fully saturated rings. The SMILES string of the molecule is COCCN(CCCl)c1nncc2ccccc12. The van der Waals surface area contributed by atoms with Gasteiger partial charge in [0.25, 0.3) is 0 Å². The quantitative estimate of drug-likeness (QED) is 0.752. The number of nitrogens with zero attached hydrogens (tertiary/aromatic N) is 3. The number of halogens is 1. The Morgan fingerprint density at radius 1 is 1.28 bits per heavy atom. The first-order chi connectivity index (χ1) is 8.86. The molecule has 96 valence electrons. The minimum Gasteiger partial charge on any atom is -0.383 e. The van der Waals surface area contributed by atoms with Gasteiger partial charge in [0.2, 0.25) is 0 Å². The van der Waals surface area contributed by atoms with Crippen LogP contribution < -0.4 is 4.90 Å². The standard InChI is InChI=1S/C13H16ClN3O/c1-18-9-8-17(7-6-14)13-12-5-3-2-4-11(12)10-15-16-13/h2-5,10H,6-9H2,1H3. The van der Waals surface area contributed by atoms with Crippen LogP contribution in [0.2, 0.25) is 0 Å². The summed E-state index contributed by atoms with van der Waals surface area (Å²) in [5.74, 6) is 1.42. The van der Waals surface area contributed by atoms with Crippen molar-refractivity contribution in [3.8, 4) is 0 Å². The van der Waals surface area contributed by atoms with Crippen LogP contribution in [0.15, 0.2) is 30.5 Å². The lowest BCUT2D eigenvalue weighted by Gasteiger charge is -2.22. The van der Waals surface area contributed by atoms with Gasteiger partial charge in [-0.3, -0.25) is 0 Å². The number of anilines is 1. The molecular formula is C13H16ClN3O. The maximum atomic E-state index is 5.85. The van der Waals surface area contributed by atoms with Crippen LogP contribution >= 0.6 is 11.6 Å². The molecule has 0 bridgehead atoms. The van der Waals surface area contributed by atoms with E-state index in [4.69, 9.17) is 16.3 Å². The summed E-state index contributed by atoms with van der Waals surface area (Å²) in [5.41, 5.74) is 0. The van der Waals surface area contributed by atoms with E-state index >= 15 is 0 Å². The normalized spacial score (nSPS) is 10.8. The minimum absolute atomic E-state index is 0.550. The maximum Gasteiger partial charge on any atom is 0.159 e. The van der Waals surface area contributed by atoms with Crippen molar-refractivity contribution in [1.29, 1.82) is 0 Å². The van der Waals surface area contributed by atoms with Gasteiger partial charge in [-0.2, -0.15) is 5.10 Å². The van der Waals surface area contributed by atoms with Gasteiger partial charge in [0.05, 0.1) is 12.8 Å². The Bertz CT molecular complexity index is 501. The van der Waals surface area contributed by atoms with E-state index in [2.05, 4.69) is 15.1 Å². The van der Waals surface area contributed by atoms with Gasteiger partial charge in [-0.05, 0) is 0 Å². The number of hydrogen-bond donors (Lipinski definition) is 0. The van der Waals surface area contributed by atoms with Gasteiger partial charge < -0.3 is 9.64 Å². The topological polar surface area (TPSA) is 38.2 Å². The van der Waals surface area contributed by atoms with E-state index in [1.165, 1.54) is 0 Å². The average molecular weight is 266 g/mol. The summed E-state index contributed by atoms with van der Waals surface area (Å²) >= 11 is 5.85. The van der Waals surface area contributed by atoms with Crippen LogP contribution in [0.1, 0.15) is 0 Å². The average Bonchev–Trinajstić information content (AvgIpc) is 2.43. The Morgan fingerprint density at radius 3 is 2.89 bits per heavy atom. The molecule has 2 rings (SSSR count). The summed E-state index contributed by atoms with van der Waals surface area (Å²) in [6, 6.07) is 8.08. The van der Waals surface area contributed by atoms with Crippen molar-refractivity contribution in [3.63, 3.8) is 0 Å². The summed E-state index contributed by atoms with van der Waals surface area (Å²) in [6.07, 6.45) is 1.77. The monoisotopic (exact) mass is 265 g/mol. The van der Waals surface area contributed by atoms with Crippen LogP contribution in [0.3, 0.4) is 0 Å². The second-order valence-corrected chi connectivity index (χ2v) is 4.30. The van der Waals surface area contributed by atoms with Gasteiger partial charge in [0, 0.05) is 36.9 Å². The zero-order chi connectivity index (χ0) is 12.8. The van der Waals surface area contributed by atoms with Crippen LogP contribution in [0, 0.1) is 0 Å². The van der Waals surface area contributed by atoms with E-state index in [1.807, 2.05) is 24.3 Å². The van der Waals surface area contributed by atoms with E-state index in [0.29, 0.717) is 12.5 Å².